The first-order valence-corrected chi connectivity index (χ1v) is 7.33. The predicted octanol–water partition coefficient (Wildman–Crippen LogP) is 0.947. The Balaban J connectivity index is 3.83. The average molecular weight is 306 g/mol. The van der Waals surface area contributed by atoms with E-state index in [9.17, 15) is 26.4 Å². The summed E-state index contributed by atoms with van der Waals surface area (Å²) in [5.41, 5.74) is 0. The average Bonchev–Trinajstić information content (AvgIpc) is 2.23. The molecule has 0 bridgehead atoms. The van der Waals surface area contributed by atoms with Crippen molar-refractivity contribution in [1.82, 2.24) is 9.62 Å². The fourth-order valence-electron chi connectivity index (χ4n) is 1.20. The van der Waals surface area contributed by atoms with Gasteiger partial charge in [-0.25, -0.2) is 17.5 Å². The minimum Gasteiger partial charge on any atom is -0.440 e. The fraction of sp³-hybridized carbons (Fsp3) is 0.889. The highest BCUT2D eigenvalue weighted by atomic mass is 32.2. The van der Waals surface area contributed by atoms with Crippen LogP contribution in [0.2, 0.25) is 0 Å². The number of carbonyl (C=O) groups is 1. The molecule has 0 spiro atoms. The van der Waals surface area contributed by atoms with Gasteiger partial charge in [-0.1, -0.05) is 6.92 Å². The summed E-state index contributed by atoms with van der Waals surface area (Å²) in [6.07, 6.45) is -4.41. The van der Waals surface area contributed by atoms with Gasteiger partial charge in [0, 0.05) is 19.6 Å². The maximum atomic E-state index is 11.7. The van der Waals surface area contributed by atoms with Gasteiger partial charge >= 0.3 is 12.3 Å². The number of sulfonamides is 1. The lowest BCUT2D eigenvalue weighted by molar-refractivity contribution is -0.160. The molecule has 1 N–H and O–H groups in total. The normalized spacial score (nSPS) is 12.5. The van der Waals surface area contributed by atoms with Crippen LogP contribution in [0.25, 0.3) is 0 Å². The third-order valence-electron chi connectivity index (χ3n) is 2.04. The molecule has 0 radical (unpaired) electrons. The van der Waals surface area contributed by atoms with E-state index in [-0.39, 0.29) is 26.1 Å². The first kappa shape index (κ1) is 18.0. The van der Waals surface area contributed by atoms with Crippen molar-refractivity contribution >= 4 is 16.1 Å². The van der Waals surface area contributed by atoms with Crippen molar-refractivity contribution in [1.29, 1.82) is 0 Å². The van der Waals surface area contributed by atoms with E-state index in [1.807, 2.05) is 0 Å². The maximum absolute atomic E-state index is 11.7. The summed E-state index contributed by atoms with van der Waals surface area (Å²) in [5, 5.41) is 2.10. The van der Waals surface area contributed by atoms with Crippen molar-refractivity contribution in [2.24, 2.45) is 0 Å². The van der Waals surface area contributed by atoms with Crippen LogP contribution in [0.1, 0.15) is 13.3 Å². The van der Waals surface area contributed by atoms with E-state index in [0.717, 1.165) is 6.26 Å². The van der Waals surface area contributed by atoms with Crippen molar-refractivity contribution < 1.29 is 31.1 Å². The number of nitrogens with zero attached hydrogens (tertiary/aromatic N) is 1. The number of hydrogen-bond acceptors (Lipinski definition) is 4. The van der Waals surface area contributed by atoms with Gasteiger partial charge < -0.3 is 10.1 Å². The molecule has 0 aromatic carbocycles. The summed E-state index contributed by atoms with van der Waals surface area (Å²) in [6.45, 7) is 0.504. The van der Waals surface area contributed by atoms with Gasteiger partial charge in [0.05, 0.1) is 6.26 Å². The lowest BCUT2D eigenvalue weighted by Crippen LogP contribution is -2.34. The van der Waals surface area contributed by atoms with Crippen LogP contribution in [-0.4, -0.2) is 57.5 Å². The zero-order chi connectivity index (χ0) is 15.1. The summed E-state index contributed by atoms with van der Waals surface area (Å²) in [7, 11) is -3.30. The van der Waals surface area contributed by atoms with Gasteiger partial charge in [0.1, 0.15) is 0 Å². The number of hydrogen-bond donors (Lipinski definition) is 1. The van der Waals surface area contributed by atoms with Crippen molar-refractivity contribution in [2.45, 2.75) is 19.5 Å². The summed E-state index contributed by atoms with van der Waals surface area (Å²) in [5.74, 6) is 0. The molecule has 114 valence electrons. The van der Waals surface area contributed by atoms with Crippen LogP contribution in [0.5, 0.6) is 0 Å². The molecule has 10 heteroatoms. The largest absolute Gasteiger partial charge is 0.440 e. The Morgan fingerprint density at radius 1 is 1.37 bits per heavy atom. The number of carbonyl (C=O) groups excluding carboxylic acids is 1. The molecule has 0 aromatic rings. The molecular weight excluding hydrogens is 289 g/mol. The van der Waals surface area contributed by atoms with Crippen molar-refractivity contribution in [3.63, 3.8) is 0 Å². The molecule has 0 saturated heterocycles. The first-order valence-electron chi connectivity index (χ1n) is 5.48. The Hall–Kier alpha value is -1.03. The van der Waals surface area contributed by atoms with Gasteiger partial charge in [0.25, 0.3) is 0 Å². The molecule has 0 aliphatic rings. The van der Waals surface area contributed by atoms with Crippen LogP contribution in [0.4, 0.5) is 18.0 Å². The molecule has 19 heavy (non-hydrogen) atoms. The van der Waals surface area contributed by atoms with Gasteiger partial charge in [-0.15, -0.1) is 0 Å². The Morgan fingerprint density at radius 3 is 2.37 bits per heavy atom. The van der Waals surface area contributed by atoms with E-state index >= 15 is 0 Å². The van der Waals surface area contributed by atoms with Gasteiger partial charge in [-0.05, 0) is 6.42 Å². The highest BCUT2D eigenvalue weighted by Crippen LogP contribution is 2.14. The Bertz CT molecular complexity index is 383. The number of alkyl halides is 3. The second kappa shape index (κ2) is 7.53. The Labute approximate surface area is 110 Å². The number of rotatable bonds is 7. The molecule has 0 fully saturated rings. The Kier molecular flexibility index (Phi) is 7.12. The third kappa shape index (κ3) is 9.54. The molecule has 0 atom stereocenters. The van der Waals surface area contributed by atoms with Crippen LogP contribution in [0.3, 0.4) is 0 Å². The van der Waals surface area contributed by atoms with E-state index in [1.165, 1.54) is 4.31 Å². The van der Waals surface area contributed by atoms with Crippen LogP contribution >= 0.6 is 0 Å². The van der Waals surface area contributed by atoms with Crippen molar-refractivity contribution in [3.8, 4) is 0 Å². The zero-order valence-electron chi connectivity index (χ0n) is 10.7. The fourth-order valence-corrected chi connectivity index (χ4v) is 2.13. The van der Waals surface area contributed by atoms with E-state index in [2.05, 4.69) is 10.1 Å². The minimum atomic E-state index is -4.56. The smallest absolute Gasteiger partial charge is 0.422 e. The van der Waals surface area contributed by atoms with E-state index in [0.29, 0.717) is 0 Å². The van der Waals surface area contributed by atoms with E-state index < -0.39 is 28.9 Å². The quantitative estimate of drug-likeness (QED) is 0.711. The van der Waals surface area contributed by atoms with E-state index in [4.69, 9.17) is 0 Å². The molecular formula is C9H17F3N2O4S. The summed E-state index contributed by atoms with van der Waals surface area (Å²) in [4.78, 5) is 10.8. The highest BCUT2D eigenvalue weighted by molar-refractivity contribution is 7.88. The van der Waals surface area contributed by atoms with Gasteiger partial charge in [0.2, 0.25) is 10.0 Å². The van der Waals surface area contributed by atoms with Crippen molar-refractivity contribution in [3.05, 3.63) is 0 Å². The van der Waals surface area contributed by atoms with Crippen LogP contribution in [0, 0.1) is 0 Å². The molecule has 0 aromatic heterocycles. The summed E-state index contributed by atoms with van der Waals surface area (Å²) >= 11 is 0. The molecule has 0 aliphatic carbocycles. The molecule has 0 unspecified atom stereocenters. The molecule has 0 heterocycles. The standard InChI is InChI=1S/C9H17F3N2O4S/c1-3-14(19(2,16)17)6-4-5-13-8(15)18-7-9(10,11)12/h3-7H2,1-2H3,(H,13,15). The molecule has 1 amide bonds. The lowest BCUT2D eigenvalue weighted by Gasteiger charge is -2.17. The number of alkyl carbamates (subject to hydrolysis) is 1. The van der Waals surface area contributed by atoms with Gasteiger partial charge in [-0.2, -0.15) is 13.2 Å². The summed E-state index contributed by atoms with van der Waals surface area (Å²) in [6, 6.07) is 0. The topological polar surface area (TPSA) is 75.7 Å². The maximum Gasteiger partial charge on any atom is 0.422 e. The van der Waals surface area contributed by atoms with Gasteiger partial charge in [-0.3, -0.25) is 0 Å². The highest BCUT2D eigenvalue weighted by Gasteiger charge is 2.29. The second-order valence-corrected chi connectivity index (χ2v) is 5.71. The predicted molar refractivity (Wildman–Crippen MR) is 62.1 cm³/mol. The molecule has 0 aliphatic heterocycles. The third-order valence-corrected chi connectivity index (χ3v) is 3.42. The van der Waals surface area contributed by atoms with Gasteiger partial charge in [0.15, 0.2) is 6.61 Å². The van der Waals surface area contributed by atoms with Crippen LogP contribution in [-0.2, 0) is 14.8 Å². The number of halogens is 3. The minimum absolute atomic E-state index is 0.0305. The molecule has 0 saturated carbocycles. The van der Waals surface area contributed by atoms with Crippen molar-refractivity contribution in [2.75, 3.05) is 32.5 Å². The lowest BCUT2D eigenvalue weighted by atomic mass is 10.4. The molecule has 6 nitrogen and oxygen atoms in total. The number of ether oxygens (including phenoxy) is 1. The Morgan fingerprint density at radius 2 is 1.95 bits per heavy atom. The SMILES string of the molecule is CCN(CCCNC(=O)OCC(F)(F)F)S(C)(=O)=O. The van der Waals surface area contributed by atoms with Crippen LogP contribution < -0.4 is 5.32 Å². The second-order valence-electron chi connectivity index (χ2n) is 3.73. The molecule has 0 rings (SSSR count). The first-order chi connectivity index (χ1) is 8.56. The van der Waals surface area contributed by atoms with E-state index in [1.54, 1.807) is 6.92 Å². The zero-order valence-corrected chi connectivity index (χ0v) is 11.5. The monoisotopic (exact) mass is 306 g/mol. The van der Waals surface area contributed by atoms with Crippen LogP contribution in [0.15, 0.2) is 0 Å². The summed E-state index contributed by atoms with van der Waals surface area (Å²) < 4.78 is 62.6. The number of nitrogens with one attached hydrogen (secondary N) is 1. The number of amides is 1.